The first kappa shape index (κ1) is 17.2. The highest BCUT2D eigenvalue weighted by atomic mass is 32.2. The third-order valence-corrected chi connectivity index (χ3v) is 6.02. The van der Waals surface area contributed by atoms with Crippen LogP contribution in [0.5, 0.6) is 0 Å². The van der Waals surface area contributed by atoms with Gasteiger partial charge in [-0.25, -0.2) is 4.99 Å². The Kier molecular flexibility index (Phi) is 4.98. The van der Waals surface area contributed by atoms with Crippen molar-refractivity contribution in [3.05, 3.63) is 59.4 Å². The molecule has 1 saturated heterocycles. The van der Waals surface area contributed by atoms with Crippen LogP contribution in [0.1, 0.15) is 38.4 Å². The van der Waals surface area contributed by atoms with Crippen LogP contribution in [0.3, 0.4) is 0 Å². The molecule has 1 aromatic carbocycles. The molecule has 2 aliphatic rings. The van der Waals surface area contributed by atoms with E-state index in [0.717, 1.165) is 23.7 Å². The molecule has 2 heterocycles. The number of carbonyl (C=O) groups excluding carboxylic acids is 1. The highest BCUT2D eigenvalue weighted by molar-refractivity contribution is 8.18. The molecule has 2 atom stereocenters. The lowest BCUT2D eigenvalue weighted by Gasteiger charge is -2.35. The summed E-state index contributed by atoms with van der Waals surface area (Å²) in [6, 6.07) is 13.7. The van der Waals surface area contributed by atoms with Crippen molar-refractivity contribution in [3.8, 4) is 0 Å². The minimum absolute atomic E-state index is 0.0415. The second-order valence-corrected chi connectivity index (χ2v) is 7.87. The van der Waals surface area contributed by atoms with Crippen LogP contribution in [0, 0.1) is 5.92 Å². The molecule has 0 unspecified atom stereocenters. The fourth-order valence-corrected chi connectivity index (χ4v) is 4.68. The van der Waals surface area contributed by atoms with Gasteiger partial charge in [-0.3, -0.25) is 9.69 Å². The minimum Gasteiger partial charge on any atom is -0.465 e. The molecule has 4 nitrogen and oxygen atoms in total. The largest absolute Gasteiger partial charge is 0.465 e. The van der Waals surface area contributed by atoms with Crippen molar-refractivity contribution < 1.29 is 9.21 Å². The van der Waals surface area contributed by atoms with Gasteiger partial charge in [0.2, 0.25) is 0 Å². The first-order chi connectivity index (χ1) is 12.7. The van der Waals surface area contributed by atoms with E-state index in [0.29, 0.717) is 16.6 Å². The lowest BCUT2D eigenvalue weighted by molar-refractivity contribution is -0.124. The molecule has 26 heavy (non-hydrogen) atoms. The first-order valence-corrected chi connectivity index (χ1v) is 9.94. The molecule has 4 rings (SSSR count). The second-order valence-electron chi connectivity index (χ2n) is 6.86. The van der Waals surface area contributed by atoms with Gasteiger partial charge in [0.05, 0.1) is 16.9 Å². The van der Waals surface area contributed by atoms with E-state index < -0.39 is 0 Å². The summed E-state index contributed by atoms with van der Waals surface area (Å²) in [5.74, 6) is 1.22. The Morgan fingerprint density at radius 2 is 1.96 bits per heavy atom. The van der Waals surface area contributed by atoms with E-state index in [1.54, 1.807) is 6.26 Å². The van der Waals surface area contributed by atoms with E-state index in [4.69, 9.17) is 9.41 Å². The van der Waals surface area contributed by atoms with Crippen LogP contribution in [-0.4, -0.2) is 22.0 Å². The van der Waals surface area contributed by atoms with Crippen LogP contribution in [0.2, 0.25) is 0 Å². The molecule has 0 bridgehead atoms. The third kappa shape index (κ3) is 3.49. The van der Waals surface area contributed by atoms with Gasteiger partial charge in [-0.1, -0.05) is 38.0 Å². The molecule has 134 valence electrons. The van der Waals surface area contributed by atoms with Crippen molar-refractivity contribution >= 4 is 34.6 Å². The van der Waals surface area contributed by atoms with Crippen LogP contribution in [0.15, 0.2) is 63.0 Å². The Balaban J connectivity index is 1.71. The molecule has 0 spiro atoms. The van der Waals surface area contributed by atoms with E-state index in [2.05, 4.69) is 6.92 Å². The van der Waals surface area contributed by atoms with Crippen LogP contribution < -0.4 is 0 Å². The number of rotatable bonds is 3. The topological polar surface area (TPSA) is 45.8 Å². The van der Waals surface area contributed by atoms with E-state index in [1.165, 1.54) is 24.6 Å². The van der Waals surface area contributed by atoms with Gasteiger partial charge in [0, 0.05) is 12.1 Å². The van der Waals surface area contributed by atoms with Crippen molar-refractivity contribution in [1.29, 1.82) is 0 Å². The van der Waals surface area contributed by atoms with Crippen molar-refractivity contribution in [2.75, 3.05) is 0 Å². The van der Waals surface area contributed by atoms with Crippen molar-refractivity contribution in [2.24, 2.45) is 10.9 Å². The second kappa shape index (κ2) is 7.54. The number of aliphatic imine (C=N–C) groups is 1. The minimum atomic E-state index is 0.0415. The summed E-state index contributed by atoms with van der Waals surface area (Å²) in [5.41, 5.74) is 0.871. The van der Waals surface area contributed by atoms with E-state index in [9.17, 15) is 4.79 Å². The fourth-order valence-electron chi connectivity index (χ4n) is 3.65. The summed E-state index contributed by atoms with van der Waals surface area (Å²) in [6.45, 7) is 2.25. The molecular formula is C21H22N2O2S. The van der Waals surface area contributed by atoms with Gasteiger partial charge in [-0.2, -0.15) is 0 Å². The van der Waals surface area contributed by atoms with Crippen molar-refractivity contribution in [3.63, 3.8) is 0 Å². The summed E-state index contributed by atoms with van der Waals surface area (Å²) in [6.07, 6.45) is 8.05. The molecule has 2 fully saturated rings. The molecule has 2 aromatic rings. The molecule has 0 N–H and O–H groups in total. The number of furan rings is 1. The lowest BCUT2D eigenvalue weighted by atomic mass is 9.85. The number of amides is 1. The van der Waals surface area contributed by atoms with Gasteiger partial charge in [0.1, 0.15) is 5.76 Å². The Morgan fingerprint density at radius 3 is 2.69 bits per heavy atom. The SMILES string of the molecule is C[C@H]1CCCC[C@@H]1N1C(=O)/C(=C/c2ccco2)SC1=Nc1ccccc1. The van der Waals surface area contributed by atoms with Crippen LogP contribution in [0.4, 0.5) is 5.69 Å². The zero-order chi connectivity index (χ0) is 17.9. The van der Waals surface area contributed by atoms with Crippen molar-refractivity contribution in [1.82, 2.24) is 4.90 Å². The van der Waals surface area contributed by atoms with Gasteiger partial charge in [0.15, 0.2) is 5.17 Å². The average molecular weight is 366 g/mol. The summed E-state index contributed by atoms with van der Waals surface area (Å²) in [4.78, 5) is 20.6. The number of hydrogen-bond donors (Lipinski definition) is 0. The maximum absolute atomic E-state index is 13.2. The summed E-state index contributed by atoms with van der Waals surface area (Å²) in [7, 11) is 0. The Hall–Kier alpha value is -2.27. The zero-order valence-corrected chi connectivity index (χ0v) is 15.6. The molecule has 1 aromatic heterocycles. The predicted molar refractivity (Wildman–Crippen MR) is 106 cm³/mol. The van der Waals surface area contributed by atoms with E-state index in [-0.39, 0.29) is 11.9 Å². The van der Waals surface area contributed by atoms with Crippen molar-refractivity contribution in [2.45, 2.75) is 38.6 Å². The molecular weight excluding hydrogens is 344 g/mol. The standard InChI is InChI=1S/C21H22N2O2S/c1-15-8-5-6-12-18(15)23-20(24)19(14-17-11-7-13-25-17)26-21(23)22-16-9-3-2-4-10-16/h2-4,7,9-11,13-15,18H,5-6,8,12H2,1H3/b19-14-,22-21?/t15-,18-/m0/s1. The maximum Gasteiger partial charge on any atom is 0.267 e. The van der Waals surface area contributed by atoms with Gasteiger partial charge in [-0.15, -0.1) is 0 Å². The van der Waals surface area contributed by atoms with Crippen LogP contribution in [0.25, 0.3) is 6.08 Å². The Labute approximate surface area is 158 Å². The molecule has 1 amide bonds. The number of carbonyl (C=O) groups is 1. The normalized spacial score (nSPS) is 26.8. The average Bonchev–Trinajstić information content (AvgIpc) is 3.26. The molecule has 0 radical (unpaired) electrons. The lowest BCUT2D eigenvalue weighted by Crippen LogP contribution is -2.44. The van der Waals surface area contributed by atoms with Gasteiger partial charge >= 0.3 is 0 Å². The molecule has 1 aliphatic carbocycles. The van der Waals surface area contributed by atoms with E-state index in [1.807, 2.05) is 53.4 Å². The Bertz CT molecular complexity index is 827. The number of benzene rings is 1. The molecule has 1 aliphatic heterocycles. The number of amidine groups is 1. The van der Waals surface area contributed by atoms with Crippen LogP contribution >= 0.6 is 11.8 Å². The van der Waals surface area contributed by atoms with Gasteiger partial charge in [-0.05, 0) is 54.8 Å². The maximum atomic E-state index is 13.2. The zero-order valence-electron chi connectivity index (χ0n) is 14.8. The summed E-state index contributed by atoms with van der Waals surface area (Å²) < 4.78 is 5.40. The highest BCUT2D eigenvalue weighted by Gasteiger charge is 2.41. The fraction of sp³-hybridized carbons (Fsp3) is 0.333. The Morgan fingerprint density at radius 1 is 1.15 bits per heavy atom. The number of nitrogens with zero attached hydrogens (tertiary/aromatic N) is 2. The quantitative estimate of drug-likeness (QED) is 0.677. The molecule has 1 saturated carbocycles. The number of thioether (sulfide) groups is 1. The van der Waals surface area contributed by atoms with E-state index >= 15 is 0 Å². The smallest absolute Gasteiger partial charge is 0.267 e. The van der Waals surface area contributed by atoms with Crippen LogP contribution in [-0.2, 0) is 4.79 Å². The predicted octanol–water partition coefficient (Wildman–Crippen LogP) is 5.46. The highest BCUT2D eigenvalue weighted by Crippen LogP contribution is 2.40. The number of hydrogen-bond acceptors (Lipinski definition) is 4. The van der Waals surface area contributed by atoms with Gasteiger partial charge in [0.25, 0.3) is 5.91 Å². The monoisotopic (exact) mass is 366 g/mol. The summed E-state index contributed by atoms with van der Waals surface area (Å²) >= 11 is 1.44. The third-order valence-electron chi connectivity index (χ3n) is 5.03. The summed E-state index contributed by atoms with van der Waals surface area (Å²) in [5, 5.41) is 0.776. The number of para-hydroxylation sites is 1. The van der Waals surface area contributed by atoms with Gasteiger partial charge < -0.3 is 4.42 Å². The molecule has 5 heteroatoms. The first-order valence-electron chi connectivity index (χ1n) is 9.13.